The molecule has 0 aliphatic carbocycles. The Morgan fingerprint density at radius 3 is 2.24 bits per heavy atom. The predicted octanol–water partition coefficient (Wildman–Crippen LogP) is 3.70. The Balaban J connectivity index is 1.99. The van der Waals surface area contributed by atoms with Crippen molar-refractivity contribution in [2.75, 3.05) is 32.4 Å². The van der Waals surface area contributed by atoms with Crippen LogP contribution in [0.3, 0.4) is 0 Å². The van der Waals surface area contributed by atoms with Crippen LogP contribution >= 0.6 is 0 Å². The van der Waals surface area contributed by atoms with Crippen LogP contribution in [-0.4, -0.2) is 37.1 Å². The molecule has 0 saturated heterocycles. The van der Waals surface area contributed by atoms with E-state index >= 15 is 0 Å². The van der Waals surface area contributed by atoms with Gasteiger partial charge in [0.1, 0.15) is 5.82 Å². The summed E-state index contributed by atoms with van der Waals surface area (Å²) in [5.41, 5.74) is 8.53. The summed E-state index contributed by atoms with van der Waals surface area (Å²) in [5.74, 6) is 2.06. The van der Waals surface area contributed by atoms with Crippen molar-refractivity contribution in [2.24, 2.45) is 0 Å². The molecule has 2 aromatic carbocycles. The number of aromatic nitrogens is 2. The Bertz CT molecular complexity index is 1030. The number of nitrogens with one attached hydrogen (secondary N) is 1. The molecule has 0 amide bonds. The quantitative estimate of drug-likeness (QED) is 0.584. The van der Waals surface area contributed by atoms with Crippen LogP contribution < -0.4 is 25.3 Å². The third kappa shape index (κ3) is 4.37. The van der Waals surface area contributed by atoms with Crippen molar-refractivity contribution in [2.45, 2.75) is 6.92 Å². The molecule has 0 unspecified atom stereocenters. The van der Waals surface area contributed by atoms with E-state index in [2.05, 4.69) is 15.3 Å². The number of rotatable bonds is 7. The minimum atomic E-state index is -0.0235. The highest BCUT2D eigenvalue weighted by atomic mass is 16.5. The minimum absolute atomic E-state index is 0.0235. The van der Waals surface area contributed by atoms with Gasteiger partial charge >= 0.3 is 0 Å². The molecule has 8 nitrogen and oxygen atoms in total. The fourth-order valence-electron chi connectivity index (χ4n) is 2.88. The van der Waals surface area contributed by atoms with E-state index in [-0.39, 0.29) is 11.7 Å². The highest BCUT2D eigenvalue weighted by Gasteiger charge is 2.14. The molecule has 3 N–H and O–H groups in total. The molecule has 1 aromatic heterocycles. The molecule has 0 saturated carbocycles. The molecule has 8 heteroatoms. The van der Waals surface area contributed by atoms with Crippen LogP contribution in [0.2, 0.25) is 0 Å². The first-order valence-corrected chi connectivity index (χ1v) is 8.78. The zero-order valence-electron chi connectivity index (χ0n) is 16.6. The van der Waals surface area contributed by atoms with E-state index in [4.69, 9.17) is 19.9 Å². The number of Topliss-reactive ketones (excluding diaryl/α,β-unsaturated/α-hetero) is 1. The van der Waals surface area contributed by atoms with E-state index in [9.17, 15) is 4.79 Å². The fourth-order valence-corrected chi connectivity index (χ4v) is 2.88. The summed E-state index contributed by atoms with van der Waals surface area (Å²) in [6, 6.07) is 12.5. The van der Waals surface area contributed by atoms with Crippen molar-refractivity contribution < 1.29 is 19.0 Å². The first-order valence-electron chi connectivity index (χ1n) is 8.78. The highest BCUT2D eigenvalue weighted by Crippen LogP contribution is 2.40. The highest BCUT2D eigenvalue weighted by molar-refractivity contribution is 5.95. The van der Waals surface area contributed by atoms with Gasteiger partial charge in [0.05, 0.1) is 27.0 Å². The Morgan fingerprint density at radius 2 is 1.66 bits per heavy atom. The van der Waals surface area contributed by atoms with Gasteiger partial charge in [-0.3, -0.25) is 4.79 Å². The minimum Gasteiger partial charge on any atom is -0.493 e. The Kier molecular flexibility index (Phi) is 5.82. The lowest BCUT2D eigenvalue weighted by Crippen LogP contribution is -2.03. The fraction of sp³-hybridized carbons (Fsp3) is 0.190. The van der Waals surface area contributed by atoms with E-state index in [1.165, 1.54) is 6.92 Å². The number of hydrogen-bond donors (Lipinski definition) is 2. The van der Waals surface area contributed by atoms with Crippen LogP contribution in [-0.2, 0) is 0 Å². The third-order valence-electron chi connectivity index (χ3n) is 4.25. The summed E-state index contributed by atoms with van der Waals surface area (Å²) in [7, 11) is 4.63. The monoisotopic (exact) mass is 394 g/mol. The largest absolute Gasteiger partial charge is 0.493 e. The van der Waals surface area contributed by atoms with Crippen LogP contribution in [0.15, 0.2) is 42.5 Å². The summed E-state index contributed by atoms with van der Waals surface area (Å²) in [6.45, 7) is 1.52. The Morgan fingerprint density at radius 1 is 0.966 bits per heavy atom. The van der Waals surface area contributed by atoms with Gasteiger partial charge in [-0.05, 0) is 13.0 Å². The van der Waals surface area contributed by atoms with Gasteiger partial charge in [-0.25, -0.2) is 4.98 Å². The van der Waals surface area contributed by atoms with Crippen molar-refractivity contribution in [3.63, 3.8) is 0 Å². The normalized spacial score (nSPS) is 10.3. The maximum absolute atomic E-state index is 11.7. The van der Waals surface area contributed by atoms with Gasteiger partial charge in [0.2, 0.25) is 11.7 Å². The summed E-state index contributed by atoms with van der Waals surface area (Å²) in [5, 5.41) is 3.18. The Hall–Kier alpha value is -3.81. The number of carbonyl (C=O) groups is 1. The third-order valence-corrected chi connectivity index (χ3v) is 4.25. The number of anilines is 3. The number of methoxy groups -OCH3 is 3. The molecular formula is C21H22N4O4. The molecule has 0 radical (unpaired) electrons. The van der Waals surface area contributed by atoms with E-state index in [1.54, 1.807) is 57.7 Å². The van der Waals surface area contributed by atoms with Crippen molar-refractivity contribution in [3.8, 4) is 28.5 Å². The Labute approximate surface area is 168 Å². The van der Waals surface area contributed by atoms with Gasteiger partial charge in [0.15, 0.2) is 17.3 Å². The number of hydrogen-bond acceptors (Lipinski definition) is 8. The van der Waals surface area contributed by atoms with Gasteiger partial charge in [-0.2, -0.15) is 4.98 Å². The molecule has 150 valence electrons. The van der Waals surface area contributed by atoms with E-state index < -0.39 is 0 Å². The molecule has 0 fully saturated rings. The van der Waals surface area contributed by atoms with Crippen LogP contribution in [0.5, 0.6) is 17.2 Å². The van der Waals surface area contributed by atoms with Gasteiger partial charge in [0, 0.05) is 35.0 Å². The number of nitrogens with two attached hydrogens (primary N) is 1. The first-order chi connectivity index (χ1) is 13.9. The smallest absolute Gasteiger partial charge is 0.222 e. The first kappa shape index (κ1) is 19.9. The van der Waals surface area contributed by atoms with E-state index in [0.29, 0.717) is 40.0 Å². The maximum Gasteiger partial charge on any atom is 0.222 e. The molecule has 1 heterocycles. The van der Waals surface area contributed by atoms with E-state index in [1.807, 2.05) is 6.07 Å². The van der Waals surface area contributed by atoms with Gasteiger partial charge in [0.25, 0.3) is 0 Å². The second-order valence-electron chi connectivity index (χ2n) is 6.17. The van der Waals surface area contributed by atoms with Crippen LogP contribution in [0.4, 0.5) is 17.5 Å². The molecule has 3 rings (SSSR count). The SMILES string of the molecule is COc1cc(Nc2cc(-c3cccc(C(C)=O)c3)nc(N)n2)cc(OC)c1OC. The summed E-state index contributed by atoms with van der Waals surface area (Å²) in [4.78, 5) is 20.2. The zero-order chi connectivity index (χ0) is 21.0. The summed E-state index contributed by atoms with van der Waals surface area (Å²) < 4.78 is 16.1. The van der Waals surface area contributed by atoms with Crippen LogP contribution in [0, 0.1) is 0 Å². The van der Waals surface area contributed by atoms with E-state index in [0.717, 1.165) is 5.56 Å². The van der Waals surface area contributed by atoms with Gasteiger partial charge < -0.3 is 25.3 Å². The zero-order valence-corrected chi connectivity index (χ0v) is 16.6. The standard InChI is InChI=1S/C21H22N4O4/c1-12(26)13-6-5-7-14(8-13)16-11-19(25-21(22)24-16)23-15-9-17(27-2)20(29-4)18(10-15)28-3/h5-11H,1-4H3,(H3,22,23,24,25). The average molecular weight is 394 g/mol. The van der Waals surface area contributed by atoms with Crippen molar-refractivity contribution in [1.82, 2.24) is 9.97 Å². The molecule has 0 aliphatic heterocycles. The topological polar surface area (TPSA) is 109 Å². The number of benzene rings is 2. The van der Waals surface area contributed by atoms with Crippen LogP contribution in [0.1, 0.15) is 17.3 Å². The van der Waals surface area contributed by atoms with Crippen molar-refractivity contribution >= 4 is 23.2 Å². The van der Waals surface area contributed by atoms with Gasteiger partial charge in [-0.15, -0.1) is 0 Å². The lowest BCUT2D eigenvalue weighted by atomic mass is 10.1. The molecule has 0 atom stereocenters. The molecule has 0 bridgehead atoms. The number of ether oxygens (including phenoxy) is 3. The average Bonchev–Trinajstić information content (AvgIpc) is 2.72. The number of carbonyl (C=O) groups excluding carboxylic acids is 1. The molecule has 0 spiro atoms. The van der Waals surface area contributed by atoms with Crippen LogP contribution in [0.25, 0.3) is 11.3 Å². The lowest BCUT2D eigenvalue weighted by Gasteiger charge is -2.15. The van der Waals surface area contributed by atoms with Gasteiger partial charge in [-0.1, -0.05) is 18.2 Å². The van der Waals surface area contributed by atoms with Crippen molar-refractivity contribution in [1.29, 1.82) is 0 Å². The summed E-state index contributed by atoms with van der Waals surface area (Å²) in [6.07, 6.45) is 0. The summed E-state index contributed by atoms with van der Waals surface area (Å²) >= 11 is 0. The van der Waals surface area contributed by atoms with Crippen molar-refractivity contribution in [3.05, 3.63) is 48.0 Å². The molecule has 3 aromatic rings. The predicted molar refractivity (Wildman–Crippen MR) is 111 cm³/mol. The maximum atomic E-state index is 11.7. The molecule has 29 heavy (non-hydrogen) atoms. The molecule has 0 aliphatic rings. The number of nitrogens with zero attached hydrogens (tertiary/aromatic N) is 2. The number of nitrogen functional groups attached to an aromatic ring is 1. The molecular weight excluding hydrogens is 372 g/mol. The second-order valence-corrected chi connectivity index (χ2v) is 6.17. The number of ketones is 1. The lowest BCUT2D eigenvalue weighted by molar-refractivity contribution is 0.101. The second kappa shape index (κ2) is 8.47.